The third kappa shape index (κ3) is 5.13. The first-order valence-electron chi connectivity index (χ1n) is 7.31. The standard InChI is InChI=1S/C18H21NO3/c1-13(2)12-21-16-7-3-14(4-8-16)11-15-5-9-17(10-6-15)22-18(19)20/h3-10,13H,11-12H2,1-2H3,(H2,19,20). The molecule has 0 aliphatic heterocycles. The van der Waals surface area contributed by atoms with E-state index in [9.17, 15) is 4.79 Å². The molecule has 0 heterocycles. The maximum atomic E-state index is 10.7. The van der Waals surface area contributed by atoms with Crippen LogP contribution in [0.2, 0.25) is 0 Å². The Labute approximate surface area is 130 Å². The highest BCUT2D eigenvalue weighted by Crippen LogP contribution is 2.18. The number of rotatable bonds is 6. The summed E-state index contributed by atoms with van der Waals surface area (Å²) in [6.45, 7) is 4.97. The van der Waals surface area contributed by atoms with Crippen molar-refractivity contribution in [2.24, 2.45) is 11.7 Å². The normalized spacial score (nSPS) is 10.5. The Morgan fingerprint density at radius 3 is 1.91 bits per heavy atom. The van der Waals surface area contributed by atoms with Crippen LogP contribution in [0.4, 0.5) is 4.79 Å². The number of hydrogen-bond acceptors (Lipinski definition) is 3. The van der Waals surface area contributed by atoms with Crippen molar-refractivity contribution in [1.82, 2.24) is 0 Å². The molecule has 0 atom stereocenters. The number of nitrogens with two attached hydrogens (primary N) is 1. The summed E-state index contributed by atoms with van der Waals surface area (Å²) in [6.07, 6.45) is 0.00569. The van der Waals surface area contributed by atoms with Crippen LogP contribution in [0.3, 0.4) is 0 Å². The molecule has 0 saturated carbocycles. The second-order valence-corrected chi connectivity index (χ2v) is 5.59. The molecule has 2 aromatic carbocycles. The minimum absolute atomic E-state index is 0.452. The molecule has 116 valence electrons. The highest BCUT2D eigenvalue weighted by Gasteiger charge is 2.02. The molecule has 22 heavy (non-hydrogen) atoms. The summed E-state index contributed by atoms with van der Waals surface area (Å²) in [5.74, 6) is 1.86. The average Bonchev–Trinajstić information content (AvgIpc) is 2.48. The van der Waals surface area contributed by atoms with Gasteiger partial charge in [0.2, 0.25) is 0 Å². The predicted octanol–water partition coefficient (Wildman–Crippen LogP) is 3.77. The van der Waals surface area contributed by atoms with Crippen LogP contribution in [0.25, 0.3) is 0 Å². The van der Waals surface area contributed by atoms with Crippen molar-refractivity contribution in [3.05, 3.63) is 59.7 Å². The van der Waals surface area contributed by atoms with E-state index in [1.165, 1.54) is 5.56 Å². The maximum Gasteiger partial charge on any atom is 0.409 e. The fourth-order valence-corrected chi connectivity index (χ4v) is 1.99. The lowest BCUT2D eigenvalue weighted by Crippen LogP contribution is -2.16. The van der Waals surface area contributed by atoms with Crippen molar-refractivity contribution in [2.45, 2.75) is 20.3 Å². The minimum atomic E-state index is -0.801. The van der Waals surface area contributed by atoms with Crippen LogP contribution in [0.15, 0.2) is 48.5 Å². The molecule has 0 bridgehead atoms. The highest BCUT2D eigenvalue weighted by molar-refractivity contribution is 5.68. The molecule has 1 amide bonds. The van der Waals surface area contributed by atoms with Crippen molar-refractivity contribution in [3.63, 3.8) is 0 Å². The number of benzene rings is 2. The lowest BCUT2D eigenvalue weighted by molar-refractivity contribution is 0.211. The van der Waals surface area contributed by atoms with Gasteiger partial charge >= 0.3 is 6.09 Å². The van der Waals surface area contributed by atoms with E-state index in [1.807, 2.05) is 24.3 Å². The van der Waals surface area contributed by atoms with Gasteiger partial charge in [-0.05, 0) is 47.7 Å². The van der Waals surface area contributed by atoms with Crippen molar-refractivity contribution in [2.75, 3.05) is 6.61 Å². The van der Waals surface area contributed by atoms with Gasteiger partial charge in [0, 0.05) is 0 Å². The van der Waals surface area contributed by atoms with Crippen LogP contribution in [0.5, 0.6) is 11.5 Å². The number of primary amides is 1. The molecule has 4 heteroatoms. The van der Waals surface area contributed by atoms with Gasteiger partial charge in [-0.25, -0.2) is 4.79 Å². The molecule has 0 saturated heterocycles. The third-order valence-electron chi connectivity index (χ3n) is 3.06. The van der Waals surface area contributed by atoms with Crippen LogP contribution in [0, 0.1) is 5.92 Å². The number of carbonyl (C=O) groups excluding carboxylic acids is 1. The quantitative estimate of drug-likeness (QED) is 0.883. The van der Waals surface area contributed by atoms with Gasteiger partial charge < -0.3 is 15.2 Å². The summed E-state index contributed by atoms with van der Waals surface area (Å²) < 4.78 is 10.5. The summed E-state index contributed by atoms with van der Waals surface area (Å²) in [7, 11) is 0. The molecule has 4 nitrogen and oxygen atoms in total. The van der Waals surface area contributed by atoms with E-state index in [-0.39, 0.29) is 0 Å². The van der Waals surface area contributed by atoms with Crippen molar-refractivity contribution in [3.8, 4) is 11.5 Å². The van der Waals surface area contributed by atoms with E-state index in [0.717, 1.165) is 24.3 Å². The fourth-order valence-electron chi connectivity index (χ4n) is 1.99. The first-order valence-corrected chi connectivity index (χ1v) is 7.31. The lowest BCUT2D eigenvalue weighted by atomic mass is 10.0. The minimum Gasteiger partial charge on any atom is -0.493 e. The van der Waals surface area contributed by atoms with Gasteiger partial charge in [-0.1, -0.05) is 38.1 Å². The first kappa shape index (κ1) is 15.9. The number of hydrogen-bond donors (Lipinski definition) is 1. The van der Waals surface area contributed by atoms with E-state index in [1.54, 1.807) is 12.1 Å². The molecule has 0 aliphatic rings. The Morgan fingerprint density at radius 2 is 1.45 bits per heavy atom. The monoisotopic (exact) mass is 299 g/mol. The largest absolute Gasteiger partial charge is 0.493 e. The smallest absolute Gasteiger partial charge is 0.409 e. The molecule has 0 aliphatic carbocycles. The second kappa shape index (κ2) is 7.50. The highest BCUT2D eigenvalue weighted by atomic mass is 16.5. The molecule has 0 unspecified atom stereocenters. The Bertz CT molecular complexity index is 603. The zero-order valence-corrected chi connectivity index (χ0v) is 12.9. The van der Waals surface area contributed by atoms with Gasteiger partial charge in [0.15, 0.2) is 0 Å². The first-order chi connectivity index (χ1) is 10.5. The SMILES string of the molecule is CC(C)COc1ccc(Cc2ccc(OC(N)=O)cc2)cc1. The topological polar surface area (TPSA) is 61.6 Å². The molecular weight excluding hydrogens is 278 g/mol. The van der Waals surface area contributed by atoms with E-state index in [2.05, 4.69) is 26.0 Å². The Kier molecular flexibility index (Phi) is 5.42. The fraction of sp³-hybridized carbons (Fsp3) is 0.278. The van der Waals surface area contributed by atoms with Crippen molar-refractivity contribution >= 4 is 6.09 Å². The third-order valence-corrected chi connectivity index (χ3v) is 3.06. The van der Waals surface area contributed by atoms with E-state index in [0.29, 0.717) is 11.7 Å². The van der Waals surface area contributed by atoms with E-state index < -0.39 is 6.09 Å². The molecular formula is C18H21NO3. The van der Waals surface area contributed by atoms with Gasteiger partial charge in [0.1, 0.15) is 11.5 Å². The summed E-state index contributed by atoms with van der Waals surface area (Å²) >= 11 is 0. The van der Waals surface area contributed by atoms with Crippen LogP contribution in [-0.4, -0.2) is 12.7 Å². The zero-order chi connectivity index (χ0) is 15.9. The van der Waals surface area contributed by atoms with Crippen molar-refractivity contribution < 1.29 is 14.3 Å². The van der Waals surface area contributed by atoms with E-state index in [4.69, 9.17) is 15.2 Å². The molecule has 0 fully saturated rings. The second-order valence-electron chi connectivity index (χ2n) is 5.59. The van der Waals surface area contributed by atoms with Gasteiger partial charge in [0.25, 0.3) is 0 Å². The molecule has 0 radical (unpaired) electrons. The molecule has 2 aromatic rings. The van der Waals surface area contributed by atoms with Crippen LogP contribution in [-0.2, 0) is 6.42 Å². The van der Waals surface area contributed by atoms with Gasteiger partial charge in [-0.15, -0.1) is 0 Å². The maximum absolute atomic E-state index is 10.7. The van der Waals surface area contributed by atoms with Crippen LogP contribution >= 0.6 is 0 Å². The summed E-state index contributed by atoms with van der Waals surface area (Å²) in [5, 5.41) is 0. The average molecular weight is 299 g/mol. The summed E-state index contributed by atoms with van der Waals surface area (Å²) in [5.41, 5.74) is 7.30. The molecule has 0 aromatic heterocycles. The summed E-state index contributed by atoms with van der Waals surface area (Å²) in [4.78, 5) is 10.7. The molecule has 0 spiro atoms. The van der Waals surface area contributed by atoms with Crippen LogP contribution in [0.1, 0.15) is 25.0 Å². The van der Waals surface area contributed by atoms with Gasteiger partial charge in [-0.2, -0.15) is 0 Å². The lowest BCUT2D eigenvalue weighted by Gasteiger charge is -2.09. The Hall–Kier alpha value is -2.49. The predicted molar refractivity (Wildman–Crippen MR) is 86.2 cm³/mol. The Morgan fingerprint density at radius 1 is 0.955 bits per heavy atom. The number of ether oxygens (including phenoxy) is 2. The zero-order valence-electron chi connectivity index (χ0n) is 12.9. The Balaban J connectivity index is 1.94. The van der Waals surface area contributed by atoms with Crippen molar-refractivity contribution in [1.29, 1.82) is 0 Å². The number of carbonyl (C=O) groups is 1. The molecule has 2 rings (SSSR count). The van der Waals surface area contributed by atoms with Gasteiger partial charge in [-0.3, -0.25) is 0 Å². The number of amides is 1. The molecule has 2 N–H and O–H groups in total. The van der Waals surface area contributed by atoms with E-state index >= 15 is 0 Å². The van der Waals surface area contributed by atoms with Crippen LogP contribution < -0.4 is 15.2 Å². The van der Waals surface area contributed by atoms with Gasteiger partial charge in [0.05, 0.1) is 6.61 Å². The summed E-state index contributed by atoms with van der Waals surface area (Å²) in [6, 6.07) is 15.4.